The van der Waals surface area contributed by atoms with Crippen molar-refractivity contribution in [3.8, 4) is 0 Å². The van der Waals surface area contributed by atoms with Gasteiger partial charge in [0.05, 0.1) is 17.5 Å². The number of benzene rings is 1. The van der Waals surface area contributed by atoms with Crippen molar-refractivity contribution >= 4 is 23.4 Å². The summed E-state index contributed by atoms with van der Waals surface area (Å²) in [6.45, 7) is 1.76. The first kappa shape index (κ1) is 15.8. The van der Waals surface area contributed by atoms with Gasteiger partial charge in [0.15, 0.2) is 0 Å². The first-order valence-electron chi connectivity index (χ1n) is 5.68. The van der Waals surface area contributed by atoms with E-state index in [0.717, 1.165) is 0 Å². The standard InChI is InChI=1S/C12H15F3N2OS/c1-2-8(16)11(18)17-9-5-3-4-6-10(9)19-7-12(13,14)15/h3-6,8H,2,7,16H2,1H3,(H,17,18). The summed E-state index contributed by atoms with van der Waals surface area (Å²) in [6, 6.07) is 5.68. The zero-order valence-electron chi connectivity index (χ0n) is 10.3. The van der Waals surface area contributed by atoms with E-state index in [1.54, 1.807) is 25.1 Å². The largest absolute Gasteiger partial charge is 0.398 e. The van der Waals surface area contributed by atoms with Gasteiger partial charge in [0.2, 0.25) is 5.91 Å². The van der Waals surface area contributed by atoms with Gasteiger partial charge in [-0.3, -0.25) is 4.79 Å². The lowest BCUT2D eigenvalue weighted by molar-refractivity contribution is -0.117. The topological polar surface area (TPSA) is 55.1 Å². The van der Waals surface area contributed by atoms with Gasteiger partial charge in [-0.15, -0.1) is 11.8 Å². The number of hydrogen-bond acceptors (Lipinski definition) is 3. The zero-order valence-corrected chi connectivity index (χ0v) is 11.1. The minimum atomic E-state index is -4.25. The fraction of sp³-hybridized carbons (Fsp3) is 0.417. The lowest BCUT2D eigenvalue weighted by Gasteiger charge is -2.14. The molecule has 0 radical (unpaired) electrons. The van der Waals surface area contributed by atoms with Gasteiger partial charge in [-0.05, 0) is 18.6 Å². The van der Waals surface area contributed by atoms with Gasteiger partial charge in [0, 0.05) is 4.90 Å². The lowest BCUT2D eigenvalue weighted by Crippen LogP contribution is -2.34. The number of nitrogens with one attached hydrogen (secondary N) is 1. The van der Waals surface area contributed by atoms with Crippen molar-refractivity contribution in [1.82, 2.24) is 0 Å². The number of para-hydroxylation sites is 1. The van der Waals surface area contributed by atoms with Crippen LogP contribution in [0.5, 0.6) is 0 Å². The van der Waals surface area contributed by atoms with Crippen LogP contribution in [0, 0.1) is 0 Å². The molecule has 0 saturated carbocycles. The average Bonchev–Trinajstić information content (AvgIpc) is 2.35. The summed E-state index contributed by atoms with van der Waals surface area (Å²) in [5.74, 6) is -1.40. The summed E-state index contributed by atoms with van der Waals surface area (Å²) in [7, 11) is 0. The summed E-state index contributed by atoms with van der Waals surface area (Å²) in [4.78, 5) is 12.0. The smallest absolute Gasteiger partial charge is 0.324 e. The highest BCUT2D eigenvalue weighted by molar-refractivity contribution is 7.99. The number of rotatable bonds is 5. The summed E-state index contributed by atoms with van der Waals surface area (Å²) in [5, 5.41) is 2.55. The molecule has 3 nitrogen and oxygen atoms in total. The number of thioether (sulfide) groups is 1. The predicted octanol–water partition coefficient (Wildman–Crippen LogP) is 3.02. The van der Waals surface area contributed by atoms with Crippen LogP contribution in [0.2, 0.25) is 0 Å². The van der Waals surface area contributed by atoms with Crippen molar-refractivity contribution in [3.63, 3.8) is 0 Å². The van der Waals surface area contributed by atoms with E-state index in [2.05, 4.69) is 5.32 Å². The van der Waals surface area contributed by atoms with Crippen LogP contribution in [0.1, 0.15) is 13.3 Å². The molecule has 1 atom stereocenters. The molecule has 1 aromatic carbocycles. The first-order chi connectivity index (χ1) is 8.83. The van der Waals surface area contributed by atoms with Crippen LogP contribution in [-0.2, 0) is 4.79 Å². The lowest BCUT2D eigenvalue weighted by atomic mass is 10.2. The van der Waals surface area contributed by atoms with Crippen molar-refractivity contribution < 1.29 is 18.0 Å². The second-order valence-electron chi connectivity index (χ2n) is 3.90. The number of amides is 1. The highest BCUT2D eigenvalue weighted by Crippen LogP contribution is 2.32. The third kappa shape index (κ3) is 5.52. The molecule has 0 aliphatic heterocycles. The van der Waals surface area contributed by atoms with Crippen molar-refractivity contribution in [1.29, 1.82) is 0 Å². The molecule has 0 aliphatic carbocycles. The van der Waals surface area contributed by atoms with E-state index in [4.69, 9.17) is 5.73 Å². The first-order valence-corrected chi connectivity index (χ1v) is 6.67. The van der Waals surface area contributed by atoms with Crippen LogP contribution >= 0.6 is 11.8 Å². The molecule has 19 heavy (non-hydrogen) atoms. The molecule has 0 aromatic heterocycles. The van der Waals surface area contributed by atoms with Crippen LogP contribution in [0.3, 0.4) is 0 Å². The van der Waals surface area contributed by atoms with Crippen molar-refractivity contribution in [2.75, 3.05) is 11.1 Å². The molecular weight excluding hydrogens is 277 g/mol. The molecule has 7 heteroatoms. The number of halogens is 3. The minimum Gasteiger partial charge on any atom is -0.324 e. The second-order valence-corrected chi connectivity index (χ2v) is 4.92. The Morgan fingerprint density at radius 1 is 1.42 bits per heavy atom. The van der Waals surface area contributed by atoms with Crippen LogP contribution in [-0.4, -0.2) is 23.9 Å². The quantitative estimate of drug-likeness (QED) is 0.820. The van der Waals surface area contributed by atoms with Crippen molar-refractivity contribution in [2.45, 2.75) is 30.5 Å². The molecule has 0 aliphatic rings. The van der Waals surface area contributed by atoms with Crippen LogP contribution in [0.4, 0.5) is 18.9 Å². The third-order valence-corrected chi connectivity index (χ3v) is 3.45. The van der Waals surface area contributed by atoms with Crippen molar-refractivity contribution in [3.05, 3.63) is 24.3 Å². The van der Waals surface area contributed by atoms with Gasteiger partial charge < -0.3 is 11.1 Å². The Morgan fingerprint density at radius 2 is 2.05 bits per heavy atom. The Labute approximate surface area is 113 Å². The monoisotopic (exact) mass is 292 g/mol. The molecule has 1 amide bonds. The predicted molar refractivity (Wildman–Crippen MR) is 70.1 cm³/mol. The molecule has 1 unspecified atom stereocenters. The number of nitrogens with two attached hydrogens (primary N) is 1. The average molecular weight is 292 g/mol. The number of anilines is 1. The van der Waals surface area contributed by atoms with E-state index >= 15 is 0 Å². The van der Waals surface area contributed by atoms with Gasteiger partial charge in [-0.1, -0.05) is 19.1 Å². The van der Waals surface area contributed by atoms with E-state index in [9.17, 15) is 18.0 Å². The number of hydrogen-bond donors (Lipinski definition) is 2. The minimum absolute atomic E-state index is 0.352. The van der Waals surface area contributed by atoms with E-state index < -0.39 is 23.9 Å². The zero-order chi connectivity index (χ0) is 14.5. The molecule has 106 valence electrons. The SMILES string of the molecule is CCC(N)C(=O)Nc1ccccc1SCC(F)(F)F. The Hall–Kier alpha value is -1.21. The molecule has 1 aromatic rings. The van der Waals surface area contributed by atoms with E-state index in [1.807, 2.05) is 0 Å². The summed E-state index contributed by atoms with van der Waals surface area (Å²) in [5.41, 5.74) is 5.91. The fourth-order valence-corrected chi connectivity index (χ4v) is 2.03. The molecule has 3 N–H and O–H groups in total. The Bertz CT molecular complexity index is 437. The summed E-state index contributed by atoms with van der Waals surface area (Å²) in [6.07, 6.45) is -3.79. The van der Waals surface area contributed by atoms with Crippen LogP contribution in [0.15, 0.2) is 29.2 Å². The summed E-state index contributed by atoms with van der Waals surface area (Å²) >= 11 is 0.635. The van der Waals surface area contributed by atoms with Crippen molar-refractivity contribution in [2.24, 2.45) is 5.73 Å². The van der Waals surface area contributed by atoms with Gasteiger partial charge >= 0.3 is 6.18 Å². The molecule has 0 bridgehead atoms. The van der Waals surface area contributed by atoms with Crippen LogP contribution < -0.4 is 11.1 Å². The maximum atomic E-state index is 12.2. The van der Waals surface area contributed by atoms with Gasteiger partial charge in [-0.25, -0.2) is 0 Å². The maximum Gasteiger partial charge on any atom is 0.398 e. The Kier molecular flexibility index (Phi) is 5.68. The second kappa shape index (κ2) is 6.81. The van der Waals surface area contributed by atoms with Crippen LogP contribution in [0.25, 0.3) is 0 Å². The van der Waals surface area contributed by atoms with E-state index in [0.29, 0.717) is 28.8 Å². The molecule has 0 fully saturated rings. The van der Waals surface area contributed by atoms with Gasteiger partial charge in [0.1, 0.15) is 0 Å². The normalized spacial score (nSPS) is 13.1. The molecular formula is C12H15F3N2OS. The fourth-order valence-electron chi connectivity index (χ4n) is 1.27. The molecule has 0 heterocycles. The summed E-state index contributed by atoms with van der Waals surface area (Å²) < 4.78 is 36.6. The molecule has 1 rings (SSSR count). The Balaban J connectivity index is 2.76. The molecule has 0 spiro atoms. The van der Waals surface area contributed by atoms with E-state index in [-0.39, 0.29) is 0 Å². The van der Waals surface area contributed by atoms with Gasteiger partial charge in [0.25, 0.3) is 0 Å². The Morgan fingerprint density at radius 3 is 2.63 bits per heavy atom. The highest BCUT2D eigenvalue weighted by Gasteiger charge is 2.27. The number of carbonyl (C=O) groups is 1. The van der Waals surface area contributed by atoms with E-state index in [1.165, 1.54) is 6.07 Å². The number of carbonyl (C=O) groups excluding carboxylic acids is 1. The third-order valence-electron chi connectivity index (χ3n) is 2.31. The maximum absolute atomic E-state index is 12.2. The number of alkyl halides is 3. The van der Waals surface area contributed by atoms with Gasteiger partial charge in [-0.2, -0.15) is 13.2 Å². The highest BCUT2D eigenvalue weighted by atomic mass is 32.2. The molecule has 0 saturated heterocycles.